The number of amides is 13. The first-order valence-corrected chi connectivity index (χ1v) is 33.8. The molecule has 3 rings (SSSR count). The molecule has 0 spiro atoms. The molecule has 0 saturated carbocycles. The van der Waals surface area contributed by atoms with Crippen LogP contribution < -0.4 is 92.5 Å². The number of likely N-dealkylation sites (tertiary alicyclic amines) is 1. The van der Waals surface area contributed by atoms with E-state index >= 15 is 0 Å². The van der Waals surface area contributed by atoms with Gasteiger partial charge >= 0.3 is 23.9 Å². The number of hydrogen-bond donors (Lipinski definition) is 24. The van der Waals surface area contributed by atoms with Gasteiger partial charge in [-0.05, 0) is 87.0 Å². The van der Waals surface area contributed by atoms with Crippen LogP contribution >= 0.6 is 0 Å². The first-order chi connectivity index (χ1) is 50.3. The first kappa shape index (κ1) is 88.9. The van der Waals surface area contributed by atoms with E-state index in [9.17, 15) is 107 Å². The lowest BCUT2D eigenvalue weighted by atomic mass is 10.0. The van der Waals surface area contributed by atoms with Crippen LogP contribution in [0.2, 0.25) is 0 Å². The van der Waals surface area contributed by atoms with Crippen molar-refractivity contribution in [3.63, 3.8) is 0 Å². The molecule has 1 saturated heterocycles. The summed E-state index contributed by atoms with van der Waals surface area (Å²) in [7, 11) is 0. The van der Waals surface area contributed by atoms with Crippen molar-refractivity contribution in [3.05, 3.63) is 65.7 Å². The Bertz CT molecular complexity index is 3530. The van der Waals surface area contributed by atoms with Crippen molar-refractivity contribution in [1.82, 2.24) is 68.7 Å². The molecule has 29 N–H and O–H groups in total. The number of carbonyl (C=O) groups is 17. The number of carbonyl (C=O) groups excluding carboxylic acids is 13. The van der Waals surface area contributed by atoms with Gasteiger partial charge in [0.1, 0.15) is 66.2 Å². The van der Waals surface area contributed by atoms with Gasteiger partial charge in [-0.1, -0.05) is 56.3 Å². The number of aliphatic carboxylic acids is 4. The van der Waals surface area contributed by atoms with Gasteiger partial charge in [0.15, 0.2) is 11.9 Å². The summed E-state index contributed by atoms with van der Waals surface area (Å²) in [5.74, 6) is -21.9. The molecule has 0 aromatic heterocycles. The zero-order valence-corrected chi connectivity index (χ0v) is 58.8. The molecule has 0 radical (unpaired) electrons. The van der Waals surface area contributed by atoms with Crippen molar-refractivity contribution in [2.75, 3.05) is 26.2 Å². The molecule has 2 aromatic rings. The second-order valence-electron chi connectivity index (χ2n) is 25.3. The van der Waals surface area contributed by atoms with Gasteiger partial charge in [-0.3, -0.25) is 87.5 Å². The van der Waals surface area contributed by atoms with Crippen molar-refractivity contribution >= 4 is 113 Å². The van der Waals surface area contributed by atoms with Crippen LogP contribution in [0.15, 0.2) is 54.6 Å². The number of rotatable bonds is 48. The fourth-order valence-electron chi connectivity index (χ4n) is 10.7. The highest BCUT2D eigenvalue weighted by molar-refractivity contribution is 6.00. The smallest absolute Gasteiger partial charge is 0.326 e. The van der Waals surface area contributed by atoms with E-state index in [1.807, 2.05) is 5.32 Å². The lowest BCUT2D eigenvalue weighted by molar-refractivity contribution is -0.148. The molecular formula is C65H96N20O22. The lowest BCUT2D eigenvalue weighted by Crippen LogP contribution is -2.60. The van der Waals surface area contributed by atoms with Gasteiger partial charge in [0.2, 0.25) is 76.8 Å². The Labute approximate surface area is 612 Å². The average molecular weight is 1510 g/mol. The van der Waals surface area contributed by atoms with E-state index in [0.29, 0.717) is 17.5 Å². The Morgan fingerprint density at radius 1 is 0.477 bits per heavy atom. The summed E-state index contributed by atoms with van der Waals surface area (Å²) in [6, 6.07) is -5.12. The summed E-state index contributed by atoms with van der Waals surface area (Å²) < 4.78 is 0. The minimum absolute atomic E-state index is 0.0160. The quantitative estimate of drug-likeness (QED) is 0.0166. The Kier molecular flexibility index (Phi) is 37.5. The fourth-order valence-corrected chi connectivity index (χ4v) is 10.7. The minimum atomic E-state index is -2.07. The van der Waals surface area contributed by atoms with E-state index in [0.717, 1.165) is 4.90 Å². The van der Waals surface area contributed by atoms with Gasteiger partial charge in [-0.2, -0.15) is 0 Å². The summed E-state index contributed by atoms with van der Waals surface area (Å²) in [6.45, 7) is 2.16. The van der Waals surface area contributed by atoms with Crippen LogP contribution in [0.3, 0.4) is 0 Å². The normalized spacial score (nSPS) is 15.1. The number of carboxylic acid groups (broad SMARTS) is 4. The number of carboxylic acids is 4. The summed E-state index contributed by atoms with van der Waals surface area (Å²) in [4.78, 5) is 227. The van der Waals surface area contributed by atoms with Crippen LogP contribution in [0.5, 0.6) is 5.75 Å². The third kappa shape index (κ3) is 33.4. The number of nitrogens with zero attached hydrogens (tertiary/aromatic N) is 1. The Morgan fingerprint density at radius 3 is 1.44 bits per heavy atom. The van der Waals surface area contributed by atoms with Crippen molar-refractivity contribution in [2.45, 2.75) is 183 Å². The molecule has 13 amide bonds. The maximum Gasteiger partial charge on any atom is 0.326 e. The van der Waals surface area contributed by atoms with Crippen LogP contribution in [0.1, 0.15) is 115 Å². The van der Waals surface area contributed by atoms with E-state index in [4.69, 9.17) is 39.5 Å². The number of primary amides is 2. The Morgan fingerprint density at radius 2 is 0.925 bits per heavy atom. The average Bonchev–Trinajstić information content (AvgIpc) is 1.75. The highest BCUT2D eigenvalue weighted by Gasteiger charge is 2.41. The lowest BCUT2D eigenvalue weighted by Gasteiger charge is -2.31. The van der Waals surface area contributed by atoms with Crippen molar-refractivity contribution in [1.29, 1.82) is 10.8 Å². The third-order valence-corrected chi connectivity index (χ3v) is 16.3. The molecule has 1 fully saturated rings. The van der Waals surface area contributed by atoms with Gasteiger partial charge in [0, 0.05) is 51.7 Å². The Hall–Kier alpha value is -12.3. The van der Waals surface area contributed by atoms with Crippen LogP contribution in [-0.4, -0.2) is 236 Å². The molecule has 0 bridgehead atoms. The summed E-state index contributed by atoms with van der Waals surface area (Å²) in [5, 5.41) is 91.7. The standard InChI is InChI=1S/C65H96N20O22/c1-32(2)52(84-53(96)36(66)11-6-24-73-64(69)70)61(104)79-38(19-22-47(68)88)55(98)77-39(20-23-49(90)91)56(99)80-40(12-7-25-74-65(71)72)62(105)85-26-8-13-45(85)60(103)78-37(18-21-46(67)87)54(97)75-31-48(89)76-41(28-34-14-16-35(86)17-15-34)57(100)81-42(27-33-9-4-3-5-10-33)58(101)82-43(29-50(92)93)59(102)83-44(63(106)107)30-51(94)95/h3-5,9-10,14-17,32,36-45,52,86H,6-8,11-13,18-31,66H2,1-2H3,(H2,67,87)(H2,68,88)(H,75,97)(H,76,89)(H,77,98)(H,78,103)(H,79,104)(H,80,99)(H,81,100)(H,82,101)(H,83,102)(H,84,96)(H,90,91)(H,92,93)(H,94,95)(H,106,107)(H4,69,70,73)(H4,71,72,74)/t36-,37-,38-,39-,40-,41-,42-,43-,44-,45-,52-/m0/s1. The zero-order valence-electron chi connectivity index (χ0n) is 58.8. The van der Waals surface area contributed by atoms with Gasteiger partial charge < -0.3 is 123 Å². The number of nitrogens with one attached hydrogen (secondary N) is 14. The molecular weight excluding hydrogens is 1410 g/mol. The molecule has 11 atom stereocenters. The summed E-state index contributed by atoms with van der Waals surface area (Å²) >= 11 is 0. The molecule has 42 heteroatoms. The Balaban J connectivity index is 1.93. The van der Waals surface area contributed by atoms with Gasteiger partial charge in [0.25, 0.3) is 0 Å². The second kappa shape index (κ2) is 45.1. The molecule has 588 valence electrons. The molecule has 1 aliphatic heterocycles. The maximum atomic E-state index is 14.8. The number of guanidine groups is 2. The highest BCUT2D eigenvalue weighted by atomic mass is 16.4. The van der Waals surface area contributed by atoms with Crippen molar-refractivity contribution < 1.29 is 107 Å². The van der Waals surface area contributed by atoms with Crippen LogP contribution in [0.25, 0.3) is 0 Å². The molecule has 0 aliphatic carbocycles. The molecule has 1 aliphatic rings. The second-order valence-corrected chi connectivity index (χ2v) is 25.3. The third-order valence-electron chi connectivity index (χ3n) is 16.3. The maximum absolute atomic E-state index is 14.8. The number of phenols is 1. The van der Waals surface area contributed by atoms with Gasteiger partial charge in [-0.25, -0.2) is 4.79 Å². The minimum Gasteiger partial charge on any atom is -0.508 e. The number of benzene rings is 2. The van der Waals surface area contributed by atoms with Crippen molar-refractivity contribution in [2.24, 2.45) is 34.6 Å². The van der Waals surface area contributed by atoms with E-state index in [-0.39, 0.29) is 69.9 Å². The van der Waals surface area contributed by atoms with Gasteiger partial charge in [0.05, 0.1) is 25.4 Å². The molecule has 1 heterocycles. The molecule has 2 aromatic carbocycles. The monoisotopic (exact) mass is 1510 g/mol. The van der Waals surface area contributed by atoms with Crippen LogP contribution in [0.4, 0.5) is 0 Å². The van der Waals surface area contributed by atoms with E-state index in [1.165, 1.54) is 36.4 Å². The number of phenolic OH excluding ortho intramolecular Hbond substituents is 1. The van der Waals surface area contributed by atoms with Crippen LogP contribution in [0, 0.1) is 16.7 Å². The SMILES string of the molecule is CC(C)[C@H](NC(=O)[C@@H](N)CCCNC(=N)N)C(=O)N[C@@H](CCC(N)=O)C(=O)N[C@@H](CCC(=O)O)C(=O)N[C@@H](CCCNC(=N)N)C(=O)N1CCC[C@H]1C(=O)N[C@@H](CCC(N)=O)C(=O)NCC(=O)N[C@@H](Cc1ccc(O)cc1)C(=O)N[C@@H](Cc1ccccc1)C(=O)N[C@@H](CC(=O)O)C(=O)N[C@@H](CC(=O)O)C(=O)O. The largest absolute Gasteiger partial charge is 0.508 e. The predicted molar refractivity (Wildman–Crippen MR) is 374 cm³/mol. The van der Waals surface area contributed by atoms with E-state index < -0.39 is 243 Å². The predicted octanol–water partition coefficient (Wildman–Crippen LogP) is -7.41. The van der Waals surface area contributed by atoms with Crippen LogP contribution in [-0.2, 0) is 94.3 Å². The summed E-state index contributed by atoms with van der Waals surface area (Å²) in [6.07, 6.45) is -6.31. The topological polar surface area (TPSA) is 717 Å². The highest BCUT2D eigenvalue weighted by Crippen LogP contribution is 2.21. The first-order valence-electron chi connectivity index (χ1n) is 33.8. The molecule has 107 heavy (non-hydrogen) atoms. The van der Waals surface area contributed by atoms with E-state index in [2.05, 4.69) is 58.5 Å². The van der Waals surface area contributed by atoms with Gasteiger partial charge in [-0.15, -0.1) is 0 Å². The number of nitrogens with two attached hydrogens (primary N) is 5. The fraction of sp³-hybridized carbons (Fsp3) is 0.523. The number of aromatic hydroxyl groups is 1. The number of hydrogen-bond acceptors (Lipinski definition) is 21. The molecule has 42 nitrogen and oxygen atoms in total. The zero-order chi connectivity index (χ0) is 80.2. The van der Waals surface area contributed by atoms with Crippen molar-refractivity contribution in [3.8, 4) is 5.75 Å². The molecule has 0 unspecified atom stereocenters. The summed E-state index contributed by atoms with van der Waals surface area (Å²) in [5.41, 5.74) is 28.4. The van der Waals surface area contributed by atoms with E-state index in [1.54, 1.807) is 32.0 Å².